The maximum Gasteiger partial charge on any atom is 0.228 e. The highest BCUT2D eigenvalue weighted by atomic mass is 16.4. The van der Waals surface area contributed by atoms with Crippen LogP contribution in [0.3, 0.4) is 0 Å². The smallest absolute Gasteiger partial charge is 0.228 e. The molecule has 0 aliphatic carbocycles. The zero-order valence-corrected chi connectivity index (χ0v) is 22.3. The summed E-state index contributed by atoms with van der Waals surface area (Å²) in [6.45, 7) is 0. The molecule has 0 N–H and O–H groups in total. The topological polar surface area (TPSA) is 55.6 Å². The number of fused-ring (bicyclic) bond motifs is 7. The van der Waals surface area contributed by atoms with Crippen molar-refractivity contribution in [3.05, 3.63) is 133 Å². The van der Waals surface area contributed by atoms with Crippen molar-refractivity contribution in [1.82, 2.24) is 4.98 Å². The van der Waals surface area contributed by atoms with Crippen LogP contribution in [-0.4, -0.2) is 4.98 Å². The Morgan fingerprint density at radius 1 is 0.429 bits per heavy atom. The van der Waals surface area contributed by atoms with Crippen LogP contribution in [-0.2, 0) is 0 Å². The van der Waals surface area contributed by atoms with E-state index < -0.39 is 0 Å². The fourth-order valence-corrected chi connectivity index (χ4v) is 6.00. The van der Waals surface area contributed by atoms with Gasteiger partial charge in [-0.2, -0.15) is 0 Å². The lowest BCUT2D eigenvalue weighted by atomic mass is 10.1. The summed E-state index contributed by atoms with van der Waals surface area (Å²) in [5, 5.41) is 4.18. The van der Waals surface area contributed by atoms with E-state index in [4.69, 9.17) is 18.2 Å². The molecule has 3 aromatic heterocycles. The summed E-state index contributed by atoms with van der Waals surface area (Å²) in [6.07, 6.45) is 0. The second-order valence-electron chi connectivity index (χ2n) is 10.4. The minimum atomic E-state index is 0.583. The summed E-state index contributed by atoms with van der Waals surface area (Å²) in [5.41, 5.74) is 8.91. The van der Waals surface area contributed by atoms with Crippen LogP contribution in [0.5, 0.6) is 0 Å². The molecule has 0 amide bonds. The molecule has 5 nitrogen and oxygen atoms in total. The zero-order chi connectivity index (χ0) is 27.6. The lowest BCUT2D eigenvalue weighted by Gasteiger charge is -2.25. The van der Waals surface area contributed by atoms with Gasteiger partial charge in [0.1, 0.15) is 27.8 Å². The van der Waals surface area contributed by atoms with Gasteiger partial charge in [-0.25, -0.2) is 4.98 Å². The molecule has 0 radical (unpaired) electrons. The van der Waals surface area contributed by atoms with Crippen molar-refractivity contribution in [3.8, 4) is 11.5 Å². The molecule has 0 unspecified atom stereocenters. The Bertz CT molecular complexity index is 2400. The quantitative estimate of drug-likeness (QED) is 0.221. The summed E-state index contributed by atoms with van der Waals surface area (Å²) >= 11 is 0. The maximum atomic E-state index is 6.46. The van der Waals surface area contributed by atoms with Gasteiger partial charge in [-0.3, -0.25) is 0 Å². The van der Waals surface area contributed by atoms with Crippen molar-refractivity contribution in [2.45, 2.75) is 0 Å². The van der Waals surface area contributed by atoms with Crippen molar-refractivity contribution in [1.29, 1.82) is 0 Å². The molecule has 3 heterocycles. The SMILES string of the molecule is c1ccc(N(c2ccc3c(c2)oc2cccc(-c4nc5ccccc5o4)c23)c2ccc3oc4ccccc4c3c2)cc1. The van der Waals surface area contributed by atoms with E-state index in [2.05, 4.69) is 65.6 Å². The standard InChI is InChI=1S/C37H22N2O3/c1-2-9-23(10-3-1)39(24-18-20-32-29(21-24)26-11-4-6-14-31(26)40-32)25-17-19-27-35(22-25)41-34-16-8-12-28(36(27)34)37-38-30-13-5-7-15-33(30)42-37/h1-22H. The van der Waals surface area contributed by atoms with Crippen molar-refractivity contribution in [2.24, 2.45) is 0 Å². The highest BCUT2D eigenvalue weighted by molar-refractivity contribution is 6.13. The van der Waals surface area contributed by atoms with E-state index in [0.717, 1.165) is 77.6 Å². The minimum absolute atomic E-state index is 0.583. The van der Waals surface area contributed by atoms with Crippen molar-refractivity contribution >= 4 is 72.0 Å². The molecule has 0 saturated heterocycles. The molecule has 5 heteroatoms. The van der Waals surface area contributed by atoms with Gasteiger partial charge in [0.05, 0.1) is 0 Å². The van der Waals surface area contributed by atoms with Gasteiger partial charge < -0.3 is 18.2 Å². The highest BCUT2D eigenvalue weighted by Gasteiger charge is 2.20. The predicted octanol–water partition coefficient (Wildman–Crippen LogP) is 10.8. The van der Waals surface area contributed by atoms with Crippen LogP contribution in [0.2, 0.25) is 0 Å². The van der Waals surface area contributed by atoms with E-state index in [0.29, 0.717) is 5.89 Å². The second kappa shape index (κ2) is 8.85. The van der Waals surface area contributed by atoms with Gasteiger partial charge in [0, 0.05) is 50.2 Å². The zero-order valence-electron chi connectivity index (χ0n) is 22.3. The van der Waals surface area contributed by atoms with Gasteiger partial charge in [-0.1, -0.05) is 54.6 Å². The van der Waals surface area contributed by atoms with Gasteiger partial charge >= 0.3 is 0 Å². The molecule has 0 aliphatic rings. The number of aromatic nitrogens is 1. The first kappa shape index (κ1) is 22.9. The molecule has 0 atom stereocenters. The number of furan rings is 2. The summed E-state index contributed by atoms with van der Waals surface area (Å²) in [5.74, 6) is 0.583. The fraction of sp³-hybridized carbons (Fsp3) is 0. The number of oxazole rings is 1. The molecule has 6 aromatic carbocycles. The van der Waals surface area contributed by atoms with Crippen molar-refractivity contribution in [3.63, 3.8) is 0 Å². The Labute approximate surface area is 239 Å². The van der Waals surface area contributed by atoms with Crippen LogP contribution in [0, 0.1) is 0 Å². The van der Waals surface area contributed by atoms with E-state index in [1.165, 1.54) is 0 Å². The number of hydrogen-bond acceptors (Lipinski definition) is 5. The highest BCUT2D eigenvalue weighted by Crippen LogP contribution is 2.42. The molecule has 0 bridgehead atoms. The Balaban J connectivity index is 1.23. The van der Waals surface area contributed by atoms with E-state index >= 15 is 0 Å². The maximum absolute atomic E-state index is 6.46. The van der Waals surface area contributed by atoms with Crippen LogP contribution in [0.25, 0.3) is 66.4 Å². The normalized spacial score (nSPS) is 11.8. The number of para-hydroxylation sites is 4. The molecule has 9 rings (SSSR count). The molecule has 9 aromatic rings. The third kappa shape index (κ3) is 3.47. The van der Waals surface area contributed by atoms with E-state index in [-0.39, 0.29) is 0 Å². The molecular weight excluding hydrogens is 520 g/mol. The van der Waals surface area contributed by atoms with Crippen LogP contribution >= 0.6 is 0 Å². The third-order valence-electron chi connectivity index (χ3n) is 7.90. The van der Waals surface area contributed by atoms with Gasteiger partial charge in [-0.15, -0.1) is 0 Å². The number of anilines is 3. The molecule has 0 spiro atoms. The molecular formula is C37H22N2O3. The largest absolute Gasteiger partial charge is 0.456 e. The Kier molecular flexibility index (Phi) is 4.83. The predicted molar refractivity (Wildman–Crippen MR) is 169 cm³/mol. The van der Waals surface area contributed by atoms with Crippen LogP contribution in [0.15, 0.2) is 147 Å². The first-order valence-electron chi connectivity index (χ1n) is 13.9. The van der Waals surface area contributed by atoms with E-state index in [9.17, 15) is 0 Å². The van der Waals surface area contributed by atoms with Crippen molar-refractivity contribution in [2.75, 3.05) is 4.90 Å². The molecule has 42 heavy (non-hydrogen) atoms. The number of nitrogens with zero attached hydrogens (tertiary/aromatic N) is 2. The van der Waals surface area contributed by atoms with Crippen LogP contribution in [0.1, 0.15) is 0 Å². The molecule has 0 saturated carbocycles. The van der Waals surface area contributed by atoms with Gasteiger partial charge in [0.15, 0.2) is 5.58 Å². The van der Waals surface area contributed by atoms with Crippen LogP contribution in [0.4, 0.5) is 17.1 Å². The fourth-order valence-electron chi connectivity index (χ4n) is 6.00. The summed E-state index contributed by atoms with van der Waals surface area (Å²) in [6, 6.07) is 45.1. The van der Waals surface area contributed by atoms with E-state index in [1.807, 2.05) is 72.8 Å². The third-order valence-corrected chi connectivity index (χ3v) is 7.90. The van der Waals surface area contributed by atoms with Gasteiger partial charge in [0.2, 0.25) is 5.89 Å². The lowest BCUT2D eigenvalue weighted by molar-refractivity contribution is 0.620. The van der Waals surface area contributed by atoms with E-state index in [1.54, 1.807) is 0 Å². The molecule has 0 fully saturated rings. The van der Waals surface area contributed by atoms with Crippen molar-refractivity contribution < 1.29 is 13.3 Å². The first-order valence-corrected chi connectivity index (χ1v) is 13.9. The van der Waals surface area contributed by atoms with Gasteiger partial charge in [0.25, 0.3) is 0 Å². The monoisotopic (exact) mass is 542 g/mol. The van der Waals surface area contributed by atoms with Gasteiger partial charge in [-0.05, 0) is 72.8 Å². The lowest BCUT2D eigenvalue weighted by Crippen LogP contribution is -2.09. The molecule has 0 aliphatic heterocycles. The first-order chi connectivity index (χ1) is 20.8. The number of hydrogen-bond donors (Lipinski definition) is 0. The Hall–Kier alpha value is -5.81. The minimum Gasteiger partial charge on any atom is -0.456 e. The van der Waals surface area contributed by atoms with Crippen LogP contribution < -0.4 is 4.90 Å². The molecule has 198 valence electrons. The number of benzene rings is 6. The second-order valence-corrected chi connectivity index (χ2v) is 10.4. The Morgan fingerprint density at radius 3 is 2.05 bits per heavy atom. The average molecular weight is 543 g/mol. The Morgan fingerprint density at radius 2 is 1.14 bits per heavy atom. The number of rotatable bonds is 4. The summed E-state index contributed by atoms with van der Waals surface area (Å²) < 4.78 is 18.7. The summed E-state index contributed by atoms with van der Waals surface area (Å²) in [7, 11) is 0. The summed E-state index contributed by atoms with van der Waals surface area (Å²) in [4.78, 5) is 7.01. The average Bonchev–Trinajstić information content (AvgIpc) is 3.74.